The van der Waals surface area contributed by atoms with Crippen molar-refractivity contribution in [3.8, 4) is 29.7 Å². The molecule has 1 aromatic carbocycles. The summed E-state index contributed by atoms with van der Waals surface area (Å²) in [5.41, 5.74) is 0.825. The van der Waals surface area contributed by atoms with Crippen molar-refractivity contribution in [3.63, 3.8) is 0 Å². The number of hydrogen-bond donors (Lipinski definition) is 0. The van der Waals surface area contributed by atoms with Crippen molar-refractivity contribution in [3.05, 3.63) is 48.2 Å². The second-order valence-corrected chi connectivity index (χ2v) is 3.85. The summed E-state index contributed by atoms with van der Waals surface area (Å²) in [6, 6.07) is 13.0. The molecule has 0 spiro atoms. The van der Waals surface area contributed by atoms with Crippen molar-refractivity contribution in [1.82, 2.24) is 4.98 Å². The summed E-state index contributed by atoms with van der Waals surface area (Å²) in [5, 5.41) is 0. The molecule has 0 atom stereocenters. The minimum Gasteiger partial charge on any atom is -0.494 e. The third kappa shape index (κ3) is 3.75. The van der Waals surface area contributed by atoms with Crippen LogP contribution in [0.5, 0.6) is 17.4 Å². The number of terminal acetylenes is 1. The van der Waals surface area contributed by atoms with Gasteiger partial charge in [0.15, 0.2) is 0 Å². The summed E-state index contributed by atoms with van der Waals surface area (Å²) in [4.78, 5) is 4.32. The number of nitrogens with zero attached hydrogens (tertiary/aromatic N) is 1. The molecule has 0 fully saturated rings. The van der Waals surface area contributed by atoms with Crippen molar-refractivity contribution >= 4 is 0 Å². The highest BCUT2D eigenvalue weighted by atomic mass is 16.5. The Hall–Kier alpha value is -2.47. The van der Waals surface area contributed by atoms with Crippen molar-refractivity contribution in [2.45, 2.75) is 13.3 Å². The quantitative estimate of drug-likeness (QED) is 0.765. The molecule has 0 saturated heterocycles. The molecule has 2 aromatic rings. The van der Waals surface area contributed by atoms with Gasteiger partial charge in [0.25, 0.3) is 0 Å². The Bertz CT molecular complexity index is 570. The Balaban J connectivity index is 2.08. The van der Waals surface area contributed by atoms with E-state index in [0.29, 0.717) is 24.7 Å². The lowest BCUT2D eigenvalue weighted by molar-refractivity contribution is 0.339. The molecule has 1 aromatic heterocycles. The summed E-state index contributed by atoms with van der Waals surface area (Å²) >= 11 is 0. The van der Waals surface area contributed by atoms with Gasteiger partial charge in [0.1, 0.15) is 11.5 Å². The first-order valence-corrected chi connectivity index (χ1v) is 6.12. The van der Waals surface area contributed by atoms with Gasteiger partial charge in [-0.05, 0) is 37.3 Å². The van der Waals surface area contributed by atoms with Gasteiger partial charge in [0.05, 0.1) is 18.7 Å². The molecule has 0 aliphatic carbocycles. The summed E-state index contributed by atoms with van der Waals surface area (Å²) in [5.74, 6) is 4.64. The zero-order valence-electron chi connectivity index (χ0n) is 10.8. The van der Waals surface area contributed by atoms with E-state index in [4.69, 9.17) is 15.9 Å². The average Bonchev–Trinajstić information content (AvgIpc) is 2.42. The van der Waals surface area contributed by atoms with Crippen LogP contribution in [0.4, 0.5) is 0 Å². The first kappa shape index (κ1) is 13.0. The maximum Gasteiger partial charge on any atom is 0.219 e. The summed E-state index contributed by atoms with van der Waals surface area (Å²) < 4.78 is 11.0. The molecule has 1 heterocycles. The van der Waals surface area contributed by atoms with Gasteiger partial charge < -0.3 is 9.47 Å². The molecule has 0 saturated carbocycles. The molecule has 2 rings (SSSR count). The standard InChI is InChI=1S/C16H15NO2/c1-3-6-13-7-5-8-16(17-13)19-15-11-9-14(10-12-15)18-4-2/h1,5,7-12H,4,6H2,2H3. The van der Waals surface area contributed by atoms with Crippen LogP contribution in [0.3, 0.4) is 0 Å². The van der Waals surface area contributed by atoms with Crippen molar-refractivity contribution < 1.29 is 9.47 Å². The normalized spacial score (nSPS) is 9.68. The fourth-order valence-electron chi connectivity index (χ4n) is 1.61. The summed E-state index contributed by atoms with van der Waals surface area (Å²) in [6.07, 6.45) is 5.76. The molecular weight excluding hydrogens is 238 g/mol. The lowest BCUT2D eigenvalue weighted by Gasteiger charge is -2.07. The number of ether oxygens (including phenoxy) is 2. The second kappa shape index (κ2) is 6.46. The van der Waals surface area contributed by atoms with E-state index in [9.17, 15) is 0 Å². The van der Waals surface area contributed by atoms with E-state index in [1.807, 2.05) is 43.3 Å². The largest absolute Gasteiger partial charge is 0.494 e. The van der Waals surface area contributed by atoms with Crippen molar-refractivity contribution in [2.75, 3.05) is 6.61 Å². The summed E-state index contributed by atoms with van der Waals surface area (Å²) in [6.45, 7) is 2.60. The topological polar surface area (TPSA) is 31.4 Å². The van der Waals surface area contributed by atoms with E-state index in [1.165, 1.54) is 0 Å². The van der Waals surface area contributed by atoms with Crippen LogP contribution in [-0.2, 0) is 6.42 Å². The van der Waals surface area contributed by atoms with Crippen molar-refractivity contribution in [1.29, 1.82) is 0 Å². The third-order valence-corrected chi connectivity index (χ3v) is 2.42. The highest BCUT2D eigenvalue weighted by Gasteiger charge is 2.01. The summed E-state index contributed by atoms with van der Waals surface area (Å²) in [7, 11) is 0. The Morgan fingerprint density at radius 3 is 2.53 bits per heavy atom. The number of benzene rings is 1. The highest BCUT2D eigenvalue weighted by Crippen LogP contribution is 2.22. The Kier molecular flexibility index (Phi) is 4.41. The molecule has 0 unspecified atom stereocenters. The predicted octanol–water partition coefficient (Wildman–Crippen LogP) is 3.45. The van der Waals surface area contributed by atoms with Crippen LogP contribution in [0.2, 0.25) is 0 Å². The zero-order chi connectivity index (χ0) is 13.5. The monoisotopic (exact) mass is 253 g/mol. The molecule has 19 heavy (non-hydrogen) atoms. The van der Waals surface area contributed by atoms with Gasteiger partial charge in [-0.2, -0.15) is 0 Å². The van der Waals surface area contributed by atoms with Gasteiger partial charge in [-0.1, -0.05) is 6.07 Å². The number of rotatable bonds is 5. The van der Waals surface area contributed by atoms with Crippen molar-refractivity contribution in [2.24, 2.45) is 0 Å². The van der Waals surface area contributed by atoms with Crippen LogP contribution in [0.25, 0.3) is 0 Å². The fourth-order valence-corrected chi connectivity index (χ4v) is 1.61. The highest BCUT2D eigenvalue weighted by molar-refractivity contribution is 5.33. The van der Waals surface area contributed by atoms with E-state index >= 15 is 0 Å². The Morgan fingerprint density at radius 1 is 1.11 bits per heavy atom. The van der Waals surface area contributed by atoms with E-state index in [-0.39, 0.29) is 0 Å². The van der Waals surface area contributed by atoms with Gasteiger partial charge in [-0.25, -0.2) is 4.98 Å². The van der Waals surface area contributed by atoms with Crippen LogP contribution in [0.1, 0.15) is 12.6 Å². The zero-order valence-corrected chi connectivity index (χ0v) is 10.8. The van der Waals surface area contributed by atoms with E-state index < -0.39 is 0 Å². The predicted molar refractivity (Wildman–Crippen MR) is 74.5 cm³/mol. The number of hydrogen-bond acceptors (Lipinski definition) is 3. The molecule has 3 nitrogen and oxygen atoms in total. The number of aromatic nitrogens is 1. The van der Waals surface area contributed by atoms with Gasteiger partial charge in [-0.3, -0.25) is 0 Å². The van der Waals surface area contributed by atoms with Gasteiger partial charge in [0.2, 0.25) is 5.88 Å². The lowest BCUT2D eigenvalue weighted by atomic mass is 10.3. The molecule has 0 N–H and O–H groups in total. The van der Waals surface area contributed by atoms with Gasteiger partial charge >= 0.3 is 0 Å². The fraction of sp³-hybridized carbons (Fsp3) is 0.188. The molecule has 0 bridgehead atoms. The Labute approximate surface area is 113 Å². The van der Waals surface area contributed by atoms with E-state index in [0.717, 1.165) is 11.4 Å². The van der Waals surface area contributed by atoms with Gasteiger partial charge in [-0.15, -0.1) is 12.3 Å². The Morgan fingerprint density at radius 2 is 1.84 bits per heavy atom. The van der Waals surface area contributed by atoms with E-state index in [2.05, 4.69) is 10.9 Å². The van der Waals surface area contributed by atoms with Crippen LogP contribution in [0.15, 0.2) is 42.5 Å². The van der Waals surface area contributed by atoms with Crippen LogP contribution >= 0.6 is 0 Å². The SMILES string of the molecule is C#CCc1cccc(Oc2ccc(OCC)cc2)n1. The smallest absolute Gasteiger partial charge is 0.219 e. The maximum atomic E-state index is 5.66. The molecule has 0 amide bonds. The minimum absolute atomic E-state index is 0.500. The third-order valence-electron chi connectivity index (χ3n) is 2.42. The van der Waals surface area contributed by atoms with Crippen LogP contribution in [0, 0.1) is 12.3 Å². The maximum absolute atomic E-state index is 5.66. The van der Waals surface area contributed by atoms with Crippen LogP contribution < -0.4 is 9.47 Å². The first-order chi connectivity index (χ1) is 9.31. The molecule has 0 aliphatic rings. The lowest BCUT2D eigenvalue weighted by Crippen LogP contribution is -1.93. The average molecular weight is 253 g/mol. The molecule has 3 heteroatoms. The molecule has 0 aliphatic heterocycles. The number of pyridine rings is 1. The molecule has 0 radical (unpaired) electrons. The van der Waals surface area contributed by atoms with E-state index in [1.54, 1.807) is 6.07 Å². The van der Waals surface area contributed by atoms with Gasteiger partial charge in [0, 0.05) is 6.07 Å². The second-order valence-electron chi connectivity index (χ2n) is 3.85. The molecular formula is C16H15NO2. The first-order valence-electron chi connectivity index (χ1n) is 6.12. The van der Waals surface area contributed by atoms with Crippen LogP contribution in [-0.4, -0.2) is 11.6 Å². The molecule has 96 valence electrons. The minimum atomic E-state index is 0.500.